The van der Waals surface area contributed by atoms with Gasteiger partial charge in [0.25, 0.3) is 5.91 Å². The number of halogens is 1. The Kier molecular flexibility index (Phi) is 6.77. The molecule has 3 rings (SSSR count). The smallest absolute Gasteiger partial charge is 0.251 e. The first-order valence-electron chi connectivity index (χ1n) is 8.54. The second-order valence-corrected chi connectivity index (χ2v) is 6.61. The maximum Gasteiger partial charge on any atom is 0.251 e. The van der Waals surface area contributed by atoms with E-state index in [2.05, 4.69) is 17.6 Å². The Morgan fingerprint density at radius 1 is 1.12 bits per heavy atom. The Morgan fingerprint density at radius 3 is 2.31 bits per heavy atom. The zero-order valence-corrected chi connectivity index (χ0v) is 15.5. The van der Waals surface area contributed by atoms with E-state index < -0.39 is 0 Å². The number of nitrogens with two attached hydrogens (primary N) is 1. The summed E-state index contributed by atoms with van der Waals surface area (Å²) in [6, 6.07) is 16.3. The first-order valence-corrected chi connectivity index (χ1v) is 8.54. The summed E-state index contributed by atoms with van der Waals surface area (Å²) in [5.41, 5.74) is 8.31. The average Bonchev–Trinajstić information content (AvgIpc) is 3.37. The molecule has 3 unspecified atom stereocenters. The topological polar surface area (TPSA) is 84.2 Å². The molecule has 2 aromatic rings. The monoisotopic (exact) mass is 373 g/mol. The fourth-order valence-electron chi connectivity index (χ4n) is 2.75. The van der Waals surface area contributed by atoms with Crippen molar-refractivity contribution in [3.63, 3.8) is 0 Å². The second kappa shape index (κ2) is 8.83. The zero-order chi connectivity index (χ0) is 17.8. The van der Waals surface area contributed by atoms with Crippen LogP contribution in [-0.4, -0.2) is 18.4 Å². The molecule has 0 saturated heterocycles. The molecule has 0 spiro atoms. The van der Waals surface area contributed by atoms with Crippen molar-refractivity contribution in [2.24, 2.45) is 17.6 Å². The van der Waals surface area contributed by atoms with Crippen molar-refractivity contribution in [2.75, 3.05) is 11.9 Å². The molecule has 0 heterocycles. The minimum absolute atomic E-state index is 0. The van der Waals surface area contributed by atoms with Crippen molar-refractivity contribution >= 4 is 29.9 Å². The van der Waals surface area contributed by atoms with E-state index in [4.69, 9.17) is 5.73 Å². The summed E-state index contributed by atoms with van der Waals surface area (Å²) in [5.74, 6) is 0.472. The SMILES string of the molecule is CC1CC1C(=O)Nc1ccc(C(=O)NCC(N)c2ccccc2)cc1.Cl. The van der Waals surface area contributed by atoms with Crippen LogP contribution in [-0.2, 0) is 4.79 Å². The van der Waals surface area contributed by atoms with Crippen LogP contribution in [0.4, 0.5) is 5.69 Å². The summed E-state index contributed by atoms with van der Waals surface area (Å²) in [6.45, 7) is 2.43. The molecule has 0 aliphatic heterocycles. The fourth-order valence-corrected chi connectivity index (χ4v) is 2.75. The van der Waals surface area contributed by atoms with E-state index in [0.29, 0.717) is 23.7 Å². The Morgan fingerprint density at radius 2 is 1.73 bits per heavy atom. The van der Waals surface area contributed by atoms with Crippen LogP contribution >= 0.6 is 12.4 Å². The maximum atomic E-state index is 12.2. The maximum absolute atomic E-state index is 12.2. The lowest BCUT2D eigenvalue weighted by atomic mass is 10.1. The van der Waals surface area contributed by atoms with Crippen molar-refractivity contribution in [3.8, 4) is 0 Å². The highest BCUT2D eigenvalue weighted by atomic mass is 35.5. The van der Waals surface area contributed by atoms with E-state index in [9.17, 15) is 9.59 Å². The summed E-state index contributed by atoms with van der Waals surface area (Å²) >= 11 is 0. The molecule has 26 heavy (non-hydrogen) atoms. The molecule has 0 aromatic heterocycles. The van der Waals surface area contributed by atoms with Gasteiger partial charge >= 0.3 is 0 Å². The minimum atomic E-state index is -0.246. The number of amides is 2. The fraction of sp³-hybridized carbons (Fsp3) is 0.300. The number of hydrogen-bond acceptors (Lipinski definition) is 3. The Bertz CT molecular complexity index is 749. The molecule has 138 valence electrons. The van der Waals surface area contributed by atoms with Crippen molar-refractivity contribution in [3.05, 3.63) is 65.7 Å². The molecule has 5 nitrogen and oxygen atoms in total. The summed E-state index contributed by atoms with van der Waals surface area (Å²) < 4.78 is 0. The highest BCUT2D eigenvalue weighted by molar-refractivity contribution is 5.97. The zero-order valence-electron chi connectivity index (χ0n) is 14.6. The van der Waals surface area contributed by atoms with Crippen molar-refractivity contribution in [1.29, 1.82) is 0 Å². The molecule has 2 aromatic carbocycles. The van der Waals surface area contributed by atoms with Gasteiger partial charge in [0.2, 0.25) is 5.91 Å². The highest BCUT2D eigenvalue weighted by Crippen LogP contribution is 2.38. The van der Waals surface area contributed by atoms with Gasteiger partial charge < -0.3 is 16.4 Å². The van der Waals surface area contributed by atoms with Gasteiger partial charge in [-0.05, 0) is 42.2 Å². The van der Waals surface area contributed by atoms with Gasteiger partial charge in [0.15, 0.2) is 0 Å². The first kappa shape index (κ1) is 19.9. The van der Waals surface area contributed by atoms with E-state index in [1.807, 2.05) is 30.3 Å². The number of benzene rings is 2. The summed E-state index contributed by atoms with van der Waals surface area (Å²) in [5, 5.41) is 5.72. The molecule has 1 fully saturated rings. The summed E-state index contributed by atoms with van der Waals surface area (Å²) in [6.07, 6.45) is 0.952. The molecule has 0 radical (unpaired) electrons. The van der Waals surface area contributed by atoms with Crippen LogP contribution in [0.3, 0.4) is 0 Å². The number of carbonyl (C=O) groups excluding carboxylic acids is 2. The lowest BCUT2D eigenvalue weighted by Gasteiger charge is -2.13. The van der Waals surface area contributed by atoms with Gasteiger partial charge in [0, 0.05) is 29.8 Å². The number of hydrogen-bond donors (Lipinski definition) is 3. The quantitative estimate of drug-likeness (QED) is 0.727. The van der Waals surface area contributed by atoms with Gasteiger partial charge in [0.1, 0.15) is 0 Å². The van der Waals surface area contributed by atoms with Crippen LogP contribution in [0.25, 0.3) is 0 Å². The number of nitrogens with one attached hydrogen (secondary N) is 2. The van der Waals surface area contributed by atoms with Gasteiger partial charge in [-0.25, -0.2) is 0 Å². The summed E-state index contributed by atoms with van der Waals surface area (Å²) in [7, 11) is 0. The van der Waals surface area contributed by atoms with E-state index in [0.717, 1.165) is 12.0 Å². The molecule has 4 N–H and O–H groups in total. The van der Waals surface area contributed by atoms with Gasteiger partial charge in [-0.3, -0.25) is 9.59 Å². The van der Waals surface area contributed by atoms with Gasteiger partial charge in [-0.15, -0.1) is 12.4 Å². The molecule has 1 aliphatic rings. The van der Waals surface area contributed by atoms with Crippen LogP contribution in [0.5, 0.6) is 0 Å². The minimum Gasteiger partial charge on any atom is -0.350 e. The molecular formula is C20H24ClN3O2. The van der Waals surface area contributed by atoms with E-state index >= 15 is 0 Å². The van der Waals surface area contributed by atoms with Crippen LogP contribution in [0, 0.1) is 11.8 Å². The van der Waals surface area contributed by atoms with Gasteiger partial charge in [0.05, 0.1) is 0 Å². The van der Waals surface area contributed by atoms with E-state index in [-0.39, 0.29) is 36.2 Å². The largest absolute Gasteiger partial charge is 0.350 e. The lowest BCUT2D eigenvalue weighted by molar-refractivity contribution is -0.117. The Balaban J connectivity index is 0.00000243. The number of rotatable bonds is 6. The van der Waals surface area contributed by atoms with Crippen molar-refractivity contribution in [2.45, 2.75) is 19.4 Å². The average molecular weight is 374 g/mol. The lowest BCUT2D eigenvalue weighted by Crippen LogP contribution is -2.31. The standard InChI is InChI=1S/C20H23N3O2.ClH/c1-13-11-17(13)20(25)23-16-9-7-15(8-10-16)19(24)22-12-18(21)14-5-3-2-4-6-14;/h2-10,13,17-18H,11-12,21H2,1H3,(H,22,24)(H,23,25);1H. The molecule has 2 amide bonds. The second-order valence-electron chi connectivity index (χ2n) is 6.61. The highest BCUT2D eigenvalue weighted by Gasteiger charge is 2.39. The van der Waals surface area contributed by atoms with Crippen LogP contribution < -0.4 is 16.4 Å². The number of carbonyl (C=O) groups is 2. The van der Waals surface area contributed by atoms with Gasteiger partial charge in [-0.1, -0.05) is 37.3 Å². The predicted molar refractivity (Wildman–Crippen MR) is 105 cm³/mol. The number of anilines is 1. The molecule has 0 bridgehead atoms. The molecule has 6 heteroatoms. The third-order valence-corrected chi connectivity index (χ3v) is 4.57. The van der Waals surface area contributed by atoms with Crippen LogP contribution in [0.15, 0.2) is 54.6 Å². The van der Waals surface area contributed by atoms with Crippen molar-refractivity contribution in [1.82, 2.24) is 5.32 Å². The van der Waals surface area contributed by atoms with Gasteiger partial charge in [-0.2, -0.15) is 0 Å². The molecular weight excluding hydrogens is 350 g/mol. The molecule has 3 atom stereocenters. The predicted octanol–water partition coefficient (Wildman–Crippen LogP) is 3.13. The van der Waals surface area contributed by atoms with Crippen LogP contribution in [0.1, 0.15) is 35.3 Å². The first-order chi connectivity index (χ1) is 12.0. The van der Waals surface area contributed by atoms with Crippen LogP contribution in [0.2, 0.25) is 0 Å². The summed E-state index contributed by atoms with van der Waals surface area (Å²) in [4.78, 5) is 24.1. The van der Waals surface area contributed by atoms with E-state index in [1.165, 1.54) is 0 Å². The molecule has 1 aliphatic carbocycles. The Labute approximate surface area is 159 Å². The third kappa shape index (κ3) is 5.07. The molecule has 1 saturated carbocycles. The Hall–Kier alpha value is -2.37. The van der Waals surface area contributed by atoms with Crippen molar-refractivity contribution < 1.29 is 9.59 Å². The third-order valence-electron chi connectivity index (χ3n) is 4.57. The van der Waals surface area contributed by atoms with E-state index in [1.54, 1.807) is 24.3 Å². The normalized spacial score (nSPS) is 19.0.